The van der Waals surface area contributed by atoms with Crippen molar-refractivity contribution in [1.29, 1.82) is 0 Å². The molecule has 4 aliphatic rings. The maximum Gasteiger partial charge on any atom is 0.246 e. The van der Waals surface area contributed by atoms with Crippen molar-refractivity contribution in [2.24, 2.45) is 5.41 Å². The molecular formula is C28H34N4O3. The first-order valence-electron chi connectivity index (χ1n) is 12.7. The van der Waals surface area contributed by atoms with Gasteiger partial charge in [-0.05, 0) is 81.6 Å². The van der Waals surface area contributed by atoms with Gasteiger partial charge in [0.25, 0.3) is 0 Å². The third-order valence-corrected chi connectivity index (χ3v) is 8.29. The zero-order valence-electron chi connectivity index (χ0n) is 20.5. The molecule has 2 aromatic heterocycles. The van der Waals surface area contributed by atoms with Crippen LogP contribution in [0.3, 0.4) is 0 Å². The van der Waals surface area contributed by atoms with Crippen LogP contribution in [0.2, 0.25) is 0 Å². The smallest absolute Gasteiger partial charge is 0.246 e. The molecule has 7 nitrogen and oxygen atoms in total. The summed E-state index contributed by atoms with van der Waals surface area (Å²) in [5.74, 6) is 3.15. The second-order valence-corrected chi connectivity index (χ2v) is 10.6. The van der Waals surface area contributed by atoms with Gasteiger partial charge in [0, 0.05) is 38.8 Å². The maximum atomic E-state index is 12.8. The molecule has 1 aliphatic carbocycles. The van der Waals surface area contributed by atoms with Crippen molar-refractivity contribution in [3.05, 3.63) is 58.2 Å². The summed E-state index contributed by atoms with van der Waals surface area (Å²) in [6.07, 6.45) is 14.0. The fourth-order valence-electron chi connectivity index (χ4n) is 5.91. The first kappa shape index (κ1) is 22.3. The molecule has 1 spiro atoms. The van der Waals surface area contributed by atoms with Gasteiger partial charge in [-0.1, -0.05) is 12.2 Å². The molecule has 1 N–H and O–H groups in total. The molecule has 0 unspecified atom stereocenters. The van der Waals surface area contributed by atoms with Crippen LogP contribution in [0.25, 0.3) is 12.2 Å². The summed E-state index contributed by atoms with van der Waals surface area (Å²) in [4.78, 5) is 34.2. The van der Waals surface area contributed by atoms with Gasteiger partial charge in [-0.25, -0.2) is 4.98 Å². The highest BCUT2D eigenvalue weighted by Crippen LogP contribution is 2.41. The molecule has 2 aromatic rings. The second-order valence-electron chi connectivity index (χ2n) is 10.6. The molecule has 6 rings (SSSR count). The van der Waals surface area contributed by atoms with Crippen LogP contribution in [0.4, 0.5) is 5.82 Å². The average molecular weight is 475 g/mol. The van der Waals surface area contributed by atoms with Gasteiger partial charge in [0.1, 0.15) is 17.3 Å². The minimum absolute atomic E-state index is 0. The Morgan fingerprint density at radius 3 is 2.89 bits per heavy atom. The molecular weight excluding hydrogens is 440 g/mol. The Balaban J connectivity index is 0.00000267. The molecule has 3 aliphatic heterocycles. The van der Waals surface area contributed by atoms with Gasteiger partial charge in [0.15, 0.2) is 0 Å². The Morgan fingerprint density at radius 1 is 1.31 bits per heavy atom. The van der Waals surface area contributed by atoms with Crippen molar-refractivity contribution < 1.29 is 15.4 Å². The van der Waals surface area contributed by atoms with E-state index >= 15 is 0 Å². The number of nitrogens with one attached hydrogen (secondary N) is 1. The van der Waals surface area contributed by atoms with Gasteiger partial charge in [-0.2, -0.15) is 0 Å². The number of hydrogen-bond donors (Lipinski definition) is 1. The van der Waals surface area contributed by atoms with Gasteiger partial charge in [-0.3, -0.25) is 9.59 Å². The standard InChI is InChI=1S/C28H32N4O3.H2/c1-18-22-5-3-4-6-23(22)35-25(18)21-16-32(17-21)24(33)8-7-19-13-20-14-28(9-11-31(2)12-10-28)27(34)30-26(20)29-15-19;/h3,5,7-8,13,15,21H,4,6,9-12,14,16-17H2,1-2H3,(H,29,30,34);1H/b8-7+;. The SMILES string of the molecule is Cc1c(C2CN(C(=O)/C=C/c3cnc4c(c3)CC3(CCN(C)CC3)C(=O)N4)C2)oc2c1C=CCC2.[HH]. The van der Waals surface area contributed by atoms with Crippen LogP contribution in [-0.2, 0) is 22.4 Å². The Morgan fingerprint density at radius 2 is 2.11 bits per heavy atom. The quantitative estimate of drug-likeness (QED) is 0.680. The van der Waals surface area contributed by atoms with E-state index in [4.69, 9.17) is 4.42 Å². The molecule has 2 saturated heterocycles. The number of anilines is 1. The van der Waals surface area contributed by atoms with E-state index in [9.17, 15) is 9.59 Å². The summed E-state index contributed by atoms with van der Waals surface area (Å²) >= 11 is 0. The fraction of sp³-hybridized carbons (Fsp3) is 0.464. The molecule has 0 radical (unpaired) electrons. The summed E-state index contributed by atoms with van der Waals surface area (Å²) in [6, 6.07) is 2.06. The number of piperidine rings is 1. The third-order valence-electron chi connectivity index (χ3n) is 8.29. The summed E-state index contributed by atoms with van der Waals surface area (Å²) < 4.78 is 6.16. The van der Waals surface area contributed by atoms with E-state index < -0.39 is 0 Å². The summed E-state index contributed by atoms with van der Waals surface area (Å²) in [6.45, 7) is 5.35. The number of likely N-dealkylation sites (tertiary alicyclic amines) is 2. The molecule has 35 heavy (non-hydrogen) atoms. The van der Waals surface area contributed by atoms with Crippen molar-refractivity contribution in [2.45, 2.75) is 44.9 Å². The summed E-state index contributed by atoms with van der Waals surface area (Å²) in [5.41, 5.74) is 4.05. The van der Waals surface area contributed by atoms with Crippen molar-refractivity contribution in [2.75, 3.05) is 38.5 Å². The molecule has 0 saturated carbocycles. The average Bonchev–Trinajstić information content (AvgIpc) is 3.15. The molecule has 184 valence electrons. The fourth-order valence-corrected chi connectivity index (χ4v) is 5.91. The van der Waals surface area contributed by atoms with E-state index in [2.05, 4.69) is 47.4 Å². The number of carbonyl (C=O) groups excluding carboxylic acids is 2. The number of aryl methyl sites for hydroxylation is 1. The number of aromatic nitrogens is 1. The highest BCUT2D eigenvalue weighted by molar-refractivity contribution is 5.98. The van der Waals surface area contributed by atoms with Gasteiger partial charge < -0.3 is 19.5 Å². The molecule has 0 bridgehead atoms. The predicted molar refractivity (Wildman–Crippen MR) is 137 cm³/mol. The number of pyridine rings is 1. The lowest BCUT2D eigenvalue weighted by Gasteiger charge is -2.42. The summed E-state index contributed by atoms with van der Waals surface area (Å²) in [5, 5.41) is 3.03. The lowest BCUT2D eigenvalue weighted by molar-refractivity contribution is -0.130. The molecule has 2 fully saturated rings. The van der Waals surface area contributed by atoms with Crippen LogP contribution < -0.4 is 5.32 Å². The number of amides is 2. The zero-order valence-corrected chi connectivity index (χ0v) is 20.5. The van der Waals surface area contributed by atoms with E-state index in [-0.39, 0.29) is 24.6 Å². The van der Waals surface area contributed by atoms with Crippen LogP contribution >= 0.6 is 0 Å². The second kappa shape index (κ2) is 8.48. The zero-order chi connectivity index (χ0) is 24.2. The molecule has 5 heterocycles. The van der Waals surface area contributed by atoms with Crippen molar-refractivity contribution in [3.8, 4) is 0 Å². The Labute approximate surface area is 207 Å². The normalized spacial score (nSPS) is 21.7. The van der Waals surface area contributed by atoms with E-state index in [0.717, 1.165) is 61.4 Å². The van der Waals surface area contributed by atoms with Crippen LogP contribution in [0, 0.1) is 12.3 Å². The lowest BCUT2D eigenvalue weighted by atomic mass is 9.71. The number of allylic oxidation sites excluding steroid dienone is 1. The summed E-state index contributed by atoms with van der Waals surface area (Å²) in [7, 11) is 2.10. The number of fused-ring (bicyclic) bond motifs is 2. The van der Waals surface area contributed by atoms with E-state index in [1.807, 2.05) is 11.0 Å². The molecule has 2 amide bonds. The first-order chi connectivity index (χ1) is 16.9. The lowest BCUT2D eigenvalue weighted by Crippen LogP contribution is -2.49. The van der Waals surface area contributed by atoms with Crippen LogP contribution in [0.5, 0.6) is 0 Å². The number of nitrogens with zero attached hydrogens (tertiary/aromatic N) is 3. The molecule has 0 aromatic carbocycles. The number of furan rings is 1. The van der Waals surface area contributed by atoms with Crippen molar-refractivity contribution in [3.63, 3.8) is 0 Å². The van der Waals surface area contributed by atoms with Crippen LogP contribution in [0.1, 0.15) is 60.4 Å². The minimum atomic E-state index is -0.342. The van der Waals surface area contributed by atoms with Gasteiger partial charge in [-0.15, -0.1) is 0 Å². The van der Waals surface area contributed by atoms with Gasteiger partial charge >= 0.3 is 0 Å². The first-order valence-corrected chi connectivity index (χ1v) is 12.7. The minimum Gasteiger partial charge on any atom is -0.465 e. The van der Waals surface area contributed by atoms with Crippen LogP contribution in [-0.4, -0.2) is 59.8 Å². The van der Waals surface area contributed by atoms with E-state index in [1.165, 1.54) is 11.1 Å². The molecule has 7 heteroatoms. The number of rotatable bonds is 3. The third kappa shape index (κ3) is 3.92. The Bertz CT molecular complexity index is 1250. The number of hydrogen-bond acceptors (Lipinski definition) is 5. The van der Waals surface area contributed by atoms with E-state index in [1.54, 1.807) is 12.3 Å². The Kier molecular flexibility index (Phi) is 5.40. The topological polar surface area (TPSA) is 78.7 Å². The Hall–Kier alpha value is -3.19. The maximum absolute atomic E-state index is 12.8. The van der Waals surface area contributed by atoms with Crippen molar-refractivity contribution >= 4 is 29.8 Å². The largest absolute Gasteiger partial charge is 0.465 e. The van der Waals surface area contributed by atoms with Crippen LogP contribution in [0.15, 0.2) is 28.8 Å². The van der Waals surface area contributed by atoms with E-state index in [0.29, 0.717) is 25.3 Å². The number of carbonyl (C=O) groups is 2. The van der Waals surface area contributed by atoms with Gasteiger partial charge in [0.2, 0.25) is 11.8 Å². The van der Waals surface area contributed by atoms with Gasteiger partial charge in [0.05, 0.1) is 11.3 Å². The molecule has 0 atom stereocenters. The highest BCUT2D eigenvalue weighted by atomic mass is 16.3. The van der Waals surface area contributed by atoms with Crippen molar-refractivity contribution in [1.82, 2.24) is 14.8 Å². The predicted octanol–water partition coefficient (Wildman–Crippen LogP) is 4.03. The highest BCUT2D eigenvalue weighted by Gasteiger charge is 2.44. The monoisotopic (exact) mass is 474 g/mol.